The Morgan fingerprint density at radius 2 is 1.82 bits per heavy atom. The van der Waals surface area contributed by atoms with Crippen LogP contribution < -0.4 is 5.32 Å². The second-order valence-electron chi connectivity index (χ2n) is 7.10. The fourth-order valence-corrected chi connectivity index (χ4v) is 3.41. The number of nitrogens with one attached hydrogen (secondary N) is 1. The number of carbonyl (C=O) groups excluding carboxylic acids is 1. The summed E-state index contributed by atoms with van der Waals surface area (Å²) < 4.78 is 15.3. The second kappa shape index (κ2) is 10.0. The maximum absolute atomic E-state index is 13.0. The third kappa shape index (κ3) is 5.18. The van der Waals surface area contributed by atoms with Crippen molar-refractivity contribution in [3.8, 4) is 0 Å². The molecule has 0 unspecified atom stereocenters. The number of carbonyl (C=O) groups is 1. The summed E-state index contributed by atoms with van der Waals surface area (Å²) in [5.74, 6) is 0.566. The third-order valence-electron chi connectivity index (χ3n) is 4.94. The van der Waals surface area contributed by atoms with E-state index in [0.29, 0.717) is 12.1 Å². The van der Waals surface area contributed by atoms with E-state index in [1.165, 1.54) is 49.0 Å². The van der Waals surface area contributed by atoms with Crippen molar-refractivity contribution < 1.29 is 9.18 Å². The topological polar surface area (TPSA) is 46.9 Å². The Morgan fingerprint density at radius 3 is 2.61 bits per heavy atom. The van der Waals surface area contributed by atoms with Crippen molar-refractivity contribution in [2.75, 3.05) is 6.54 Å². The first-order valence-corrected chi connectivity index (χ1v) is 10.2. The van der Waals surface area contributed by atoms with Crippen molar-refractivity contribution in [1.82, 2.24) is 14.9 Å². The van der Waals surface area contributed by atoms with E-state index in [1.807, 2.05) is 6.07 Å². The lowest BCUT2D eigenvalue weighted by atomic mass is 10.2. The van der Waals surface area contributed by atoms with Crippen molar-refractivity contribution in [1.29, 1.82) is 0 Å². The summed E-state index contributed by atoms with van der Waals surface area (Å²) in [6, 6.07) is 13.9. The number of halogens is 1. The number of hydrogen-bond acceptors (Lipinski definition) is 2. The minimum Gasteiger partial charge on any atom is -0.352 e. The molecule has 1 amide bonds. The lowest BCUT2D eigenvalue weighted by Crippen LogP contribution is -2.25. The van der Waals surface area contributed by atoms with Crippen LogP contribution in [-0.2, 0) is 13.0 Å². The quantitative estimate of drug-likeness (QED) is 0.496. The Labute approximate surface area is 165 Å². The monoisotopic (exact) mass is 381 g/mol. The van der Waals surface area contributed by atoms with Gasteiger partial charge in [-0.25, -0.2) is 9.37 Å². The van der Waals surface area contributed by atoms with Crippen LogP contribution in [0.2, 0.25) is 0 Å². The number of para-hydroxylation sites is 2. The Hall–Kier alpha value is -2.69. The van der Waals surface area contributed by atoms with Crippen molar-refractivity contribution in [3.63, 3.8) is 0 Å². The van der Waals surface area contributed by atoms with Crippen LogP contribution in [0.25, 0.3) is 11.0 Å². The van der Waals surface area contributed by atoms with E-state index in [4.69, 9.17) is 4.98 Å². The Morgan fingerprint density at radius 1 is 1.04 bits per heavy atom. The number of unbranched alkanes of at least 4 members (excludes halogenated alkanes) is 3. The van der Waals surface area contributed by atoms with E-state index in [9.17, 15) is 9.18 Å². The molecule has 148 valence electrons. The first-order chi connectivity index (χ1) is 13.7. The van der Waals surface area contributed by atoms with Crippen LogP contribution >= 0.6 is 0 Å². The highest BCUT2D eigenvalue weighted by molar-refractivity contribution is 5.94. The van der Waals surface area contributed by atoms with E-state index in [2.05, 4.69) is 35.0 Å². The van der Waals surface area contributed by atoms with Crippen molar-refractivity contribution >= 4 is 16.9 Å². The van der Waals surface area contributed by atoms with Crippen LogP contribution in [0.3, 0.4) is 0 Å². The molecule has 28 heavy (non-hydrogen) atoms. The summed E-state index contributed by atoms with van der Waals surface area (Å²) in [4.78, 5) is 16.9. The molecule has 0 saturated carbocycles. The molecule has 0 aliphatic heterocycles. The molecule has 0 aliphatic rings. The fourth-order valence-electron chi connectivity index (χ4n) is 3.41. The van der Waals surface area contributed by atoms with E-state index in [0.717, 1.165) is 37.1 Å². The van der Waals surface area contributed by atoms with Crippen LogP contribution in [0.15, 0.2) is 48.5 Å². The van der Waals surface area contributed by atoms with Gasteiger partial charge in [0.05, 0.1) is 11.0 Å². The first-order valence-electron chi connectivity index (χ1n) is 10.2. The summed E-state index contributed by atoms with van der Waals surface area (Å²) in [5.41, 5.74) is 2.69. The maximum Gasteiger partial charge on any atom is 0.251 e. The SMILES string of the molecule is CCCCCCn1c(CCCNC(=O)c2ccc(F)cc2)nc2ccccc21. The number of aryl methyl sites for hydroxylation is 2. The van der Waals surface area contributed by atoms with Crippen LogP contribution in [0.4, 0.5) is 4.39 Å². The molecule has 1 aromatic heterocycles. The average Bonchev–Trinajstić information content (AvgIpc) is 3.06. The van der Waals surface area contributed by atoms with E-state index < -0.39 is 0 Å². The van der Waals surface area contributed by atoms with Gasteiger partial charge in [0, 0.05) is 25.1 Å². The molecule has 0 spiro atoms. The Kier molecular flexibility index (Phi) is 7.18. The Balaban J connectivity index is 1.57. The number of imidazole rings is 1. The van der Waals surface area contributed by atoms with Gasteiger partial charge in [-0.15, -0.1) is 0 Å². The normalized spacial score (nSPS) is 11.1. The molecule has 0 fully saturated rings. The van der Waals surface area contributed by atoms with Gasteiger partial charge in [0.2, 0.25) is 0 Å². The summed E-state index contributed by atoms with van der Waals surface area (Å²) in [7, 11) is 0. The lowest BCUT2D eigenvalue weighted by Gasteiger charge is -2.10. The van der Waals surface area contributed by atoms with Crippen LogP contribution in [0.1, 0.15) is 55.2 Å². The first kappa shape index (κ1) is 20.1. The highest BCUT2D eigenvalue weighted by atomic mass is 19.1. The van der Waals surface area contributed by atoms with Crippen LogP contribution in [0.5, 0.6) is 0 Å². The molecule has 1 N–H and O–H groups in total. The van der Waals surface area contributed by atoms with Gasteiger partial charge in [0.15, 0.2) is 0 Å². The molecule has 0 saturated heterocycles. The largest absolute Gasteiger partial charge is 0.352 e. The zero-order valence-corrected chi connectivity index (χ0v) is 16.5. The van der Waals surface area contributed by atoms with Gasteiger partial charge in [-0.05, 0) is 49.2 Å². The number of hydrogen-bond donors (Lipinski definition) is 1. The number of nitrogens with zero attached hydrogens (tertiary/aromatic N) is 2. The summed E-state index contributed by atoms with van der Waals surface area (Å²) in [5, 5.41) is 2.90. The van der Waals surface area contributed by atoms with Gasteiger partial charge in [-0.3, -0.25) is 4.79 Å². The highest BCUT2D eigenvalue weighted by Crippen LogP contribution is 2.18. The molecular formula is C23H28FN3O. The molecule has 3 aromatic rings. The number of aromatic nitrogens is 2. The summed E-state index contributed by atoms with van der Waals surface area (Å²) >= 11 is 0. The molecule has 1 heterocycles. The fraction of sp³-hybridized carbons (Fsp3) is 0.391. The van der Waals surface area contributed by atoms with Gasteiger partial charge in [0.25, 0.3) is 5.91 Å². The predicted molar refractivity (Wildman–Crippen MR) is 111 cm³/mol. The number of benzene rings is 2. The van der Waals surface area contributed by atoms with E-state index >= 15 is 0 Å². The highest BCUT2D eigenvalue weighted by Gasteiger charge is 2.10. The maximum atomic E-state index is 13.0. The molecule has 2 aromatic carbocycles. The lowest BCUT2D eigenvalue weighted by molar-refractivity contribution is 0.0953. The van der Waals surface area contributed by atoms with E-state index in [-0.39, 0.29) is 11.7 Å². The number of fused-ring (bicyclic) bond motifs is 1. The Bertz CT molecular complexity index is 902. The summed E-state index contributed by atoms with van der Waals surface area (Å²) in [6.45, 7) is 3.77. The molecule has 5 heteroatoms. The third-order valence-corrected chi connectivity index (χ3v) is 4.94. The van der Waals surface area contributed by atoms with Crippen molar-refractivity contribution in [2.24, 2.45) is 0 Å². The minimum atomic E-state index is -0.339. The average molecular weight is 381 g/mol. The second-order valence-corrected chi connectivity index (χ2v) is 7.10. The van der Waals surface area contributed by atoms with Crippen LogP contribution in [-0.4, -0.2) is 22.0 Å². The van der Waals surface area contributed by atoms with Gasteiger partial charge in [0.1, 0.15) is 11.6 Å². The van der Waals surface area contributed by atoms with E-state index in [1.54, 1.807) is 0 Å². The zero-order chi connectivity index (χ0) is 19.8. The zero-order valence-electron chi connectivity index (χ0n) is 16.5. The minimum absolute atomic E-state index is 0.173. The number of amides is 1. The molecule has 4 nitrogen and oxygen atoms in total. The van der Waals surface area contributed by atoms with Gasteiger partial charge in [-0.2, -0.15) is 0 Å². The molecule has 0 atom stereocenters. The molecule has 3 rings (SSSR count). The smallest absolute Gasteiger partial charge is 0.251 e. The number of rotatable bonds is 10. The molecule has 0 aliphatic carbocycles. The standard InChI is InChI=1S/C23H28FN3O/c1-2-3-4-7-17-27-21-10-6-5-9-20(21)26-22(27)11-8-16-25-23(28)18-12-14-19(24)15-13-18/h5-6,9-10,12-15H,2-4,7-8,11,16-17H2,1H3,(H,25,28). The van der Waals surface area contributed by atoms with Gasteiger partial charge >= 0.3 is 0 Å². The van der Waals surface area contributed by atoms with Crippen LogP contribution in [0, 0.1) is 5.82 Å². The van der Waals surface area contributed by atoms with Gasteiger partial charge < -0.3 is 9.88 Å². The van der Waals surface area contributed by atoms with Gasteiger partial charge in [-0.1, -0.05) is 38.3 Å². The molecule has 0 bridgehead atoms. The molecule has 0 radical (unpaired) electrons. The van der Waals surface area contributed by atoms with Crippen molar-refractivity contribution in [2.45, 2.75) is 52.0 Å². The van der Waals surface area contributed by atoms with Crippen molar-refractivity contribution in [3.05, 3.63) is 65.7 Å². The summed E-state index contributed by atoms with van der Waals surface area (Å²) in [6.07, 6.45) is 6.50. The predicted octanol–water partition coefficient (Wildman–Crippen LogP) is 5.12. The molecular weight excluding hydrogens is 353 g/mol.